The maximum absolute atomic E-state index is 5.44. The van der Waals surface area contributed by atoms with Crippen LogP contribution in [0.3, 0.4) is 0 Å². The Kier molecular flexibility index (Phi) is 22.0. The molecule has 0 saturated carbocycles. The first kappa shape index (κ1) is 17.9. The first-order chi connectivity index (χ1) is 4.31. The van der Waals surface area contributed by atoms with Crippen LogP contribution in [-0.2, 0) is 4.74 Å². The molecule has 3 nitrogen and oxygen atoms in total. The number of ether oxygens (including phenoxy) is 1. The second-order valence-electron chi connectivity index (χ2n) is 1.81. The zero-order chi connectivity index (χ0) is 7.11. The Morgan fingerprint density at radius 3 is 2.55 bits per heavy atom. The van der Waals surface area contributed by atoms with E-state index in [2.05, 4.69) is 5.32 Å². The maximum Gasteiger partial charge on any atom is 2.00 e. The molecule has 0 saturated heterocycles. The molecule has 1 atom stereocenters. The molecule has 0 aromatic rings. The minimum Gasteiger partial charge on any atom is -0.470 e. The van der Waals surface area contributed by atoms with E-state index in [9.17, 15) is 0 Å². The van der Waals surface area contributed by atoms with Crippen molar-refractivity contribution in [1.82, 2.24) is 5.32 Å². The van der Waals surface area contributed by atoms with Crippen LogP contribution in [0.2, 0.25) is 0 Å². The predicted octanol–water partition coefficient (Wildman–Crippen LogP) is 0.529. The van der Waals surface area contributed by atoms with Crippen molar-refractivity contribution in [2.45, 2.75) is 19.6 Å². The van der Waals surface area contributed by atoms with E-state index < -0.39 is 0 Å². The molecule has 0 amide bonds. The van der Waals surface area contributed by atoms with E-state index in [0.29, 0.717) is 0 Å². The summed E-state index contributed by atoms with van der Waals surface area (Å²) >= 11 is 0. The Bertz CT molecular complexity index is 64.4. The van der Waals surface area contributed by atoms with Crippen molar-refractivity contribution in [3.8, 4) is 0 Å². The van der Waals surface area contributed by atoms with Gasteiger partial charge in [-0.2, -0.15) is 6.92 Å². The summed E-state index contributed by atoms with van der Waals surface area (Å²) in [7, 11) is 1.61. The molecule has 0 aliphatic rings. The Balaban J connectivity index is -0.000000320. The first-order valence-electron chi connectivity index (χ1n) is 3.11. The average molecular weight is 384 g/mol. The summed E-state index contributed by atoms with van der Waals surface area (Å²) < 4.78 is 4.82. The van der Waals surface area contributed by atoms with Gasteiger partial charge in [0.15, 0.2) is 0 Å². The van der Waals surface area contributed by atoms with Crippen LogP contribution in [0.4, 0.5) is 0 Å². The summed E-state index contributed by atoms with van der Waals surface area (Å²) in [5.74, 6) is 0. The quantitative estimate of drug-likeness (QED) is 0.413. The molecule has 0 fully saturated rings. The van der Waals surface area contributed by atoms with Crippen molar-refractivity contribution < 1.29 is 35.9 Å². The third-order valence-corrected chi connectivity index (χ3v) is 1.08. The molecule has 0 aliphatic carbocycles. The summed E-state index contributed by atoms with van der Waals surface area (Å²) in [6.07, 6.45) is 0.721. The van der Waals surface area contributed by atoms with Gasteiger partial charge in [-0.15, -0.1) is 0 Å². The third-order valence-electron chi connectivity index (χ3n) is 1.08. The monoisotopic (exact) mass is 384 g/mol. The van der Waals surface area contributed by atoms with Gasteiger partial charge in [0, 0.05) is 7.11 Å². The van der Waals surface area contributed by atoms with Gasteiger partial charge in [0.1, 0.15) is 6.23 Å². The maximum atomic E-state index is 5.44. The van der Waals surface area contributed by atoms with Crippen molar-refractivity contribution in [3.05, 3.63) is 14.0 Å². The van der Waals surface area contributed by atoms with Crippen LogP contribution in [0.5, 0.6) is 0 Å². The Labute approximate surface area is 93.8 Å². The van der Waals surface area contributed by atoms with Crippen molar-refractivity contribution in [1.29, 1.82) is 0 Å². The number of methoxy groups -OCH3 is 1. The minimum absolute atomic E-state index is 0. The topological polar surface area (TPSA) is 47.3 Å². The Hall–Kier alpha value is 0.932. The summed E-state index contributed by atoms with van der Waals surface area (Å²) in [6.45, 7) is 4.71. The van der Waals surface area contributed by atoms with E-state index >= 15 is 0 Å². The van der Waals surface area contributed by atoms with Crippen LogP contribution in [0.1, 0.15) is 13.3 Å². The van der Waals surface area contributed by atoms with Gasteiger partial charge in [-0.25, -0.2) is 0 Å². The zero-order valence-corrected chi connectivity index (χ0v) is 11.7. The summed E-state index contributed by atoms with van der Waals surface area (Å²) in [5, 5.41) is 3.03. The van der Waals surface area contributed by atoms with E-state index in [1.807, 2.05) is 13.5 Å². The minimum atomic E-state index is -0.127. The van der Waals surface area contributed by atoms with Crippen LogP contribution >= 0.6 is 0 Å². The number of hydrogen-bond donors (Lipinski definition) is 2. The van der Waals surface area contributed by atoms with Gasteiger partial charge in [0.2, 0.25) is 0 Å². The van der Waals surface area contributed by atoms with Crippen LogP contribution in [0.15, 0.2) is 0 Å². The van der Waals surface area contributed by atoms with Crippen molar-refractivity contribution in [2.75, 3.05) is 13.7 Å². The van der Waals surface area contributed by atoms with Crippen molar-refractivity contribution in [2.24, 2.45) is 5.73 Å². The molecule has 0 unspecified atom stereocenters. The van der Waals surface area contributed by atoms with Gasteiger partial charge in [-0.1, -0.05) is 0 Å². The third kappa shape index (κ3) is 13.9. The largest absolute Gasteiger partial charge is 2.00 e. The van der Waals surface area contributed by atoms with Gasteiger partial charge in [-0.3, -0.25) is 6.54 Å². The second kappa shape index (κ2) is 13.5. The van der Waals surface area contributed by atoms with Gasteiger partial charge in [-0.05, 0) is 13.0 Å². The number of nitrogens with one attached hydrogen (secondary N) is 1. The number of hydrogen-bond acceptors (Lipinski definition) is 3. The molecule has 0 aromatic heterocycles. The zero-order valence-electron chi connectivity index (χ0n) is 7.55. The molecule has 0 rings (SSSR count). The summed E-state index contributed by atoms with van der Waals surface area (Å²) in [5.41, 5.74) is 5.44. The first-order valence-corrected chi connectivity index (χ1v) is 3.11. The standard InChI is InChI=1S/C6H15N2O.CH3.U/c1-3-8-5-4-6(7)9-2;;/h3,6,8H,4-5,7H2,1-2H3;1H3;/q2*-1;+2/t6-;;/m1../s1. The van der Waals surface area contributed by atoms with E-state index in [-0.39, 0.29) is 44.8 Å². The Morgan fingerprint density at radius 2 is 2.18 bits per heavy atom. The van der Waals surface area contributed by atoms with Crippen LogP contribution in [0, 0.1) is 45.1 Å². The van der Waals surface area contributed by atoms with E-state index in [0.717, 1.165) is 13.0 Å². The molecule has 0 spiro atoms. The van der Waals surface area contributed by atoms with E-state index in [1.54, 1.807) is 7.11 Å². The molecular weight excluding hydrogens is 366 g/mol. The van der Waals surface area contributed by atoms with E-state index in [1.165, 1.54) is 0 Å². The fourth-order valence-corrected chi connectivity index (χ4v) is 0.488. The molecule has 66 valence electrons. The van der Waals surface area contributed by atoms with Crippen molar-refractivity contribution in [3.63, 3.8) is 0 Å². The van der Waals surface area contributed by atoms with Crippen LogP contribution in [-0.4, -0.2) is 19.9 Å². The molecule has 0 bridgehead atoms. The molecule has 3 N–H and O–H groups in total. The van der Waals surface area contributed by atoms with Gasteiger partial charge in [0.25, 0.3) is 0 Å². The number of nitrogens with two attached hydrogens (primary N) is 1. The van der Waals surface area contributed by atoms with Gasteiger partial charge in [0.05, 0.1) is 0 Å². The Morgan fingerprint density at radius 1 is 1.64 bits per heavy atom. The average Bonchev–Trinajstić information content (AvgIpc) is 1.89. The normalized spacial score (nSPS) is 11.2. The van der Waals surface area contributed by atoms with Crippen molar-refractivity contribution >= 4 is 0 Å². The summed E-state index contributed by atoms with van der Waals surface area (Å²) in [4.78, 5) is 0. The predicted molar refractivity (Wildman–Crippen MR) is 44.0 cm³/mol. The molecular formula is C7H18N2OU. The second-order valence-corrected chi connectivity index (χ2v) is 1.81. The molecule has 0 radical (unpaired) electrons. The van der Waals surface area contributed by atoms with Crippen LogP contribution in [0.25, 0.3) is 0 Å². The summed E-state index contributed by atoms with van der Waals surface area (Å²) in [6, 6.07) is 0. The fourth-order valence-electron chi connectivity index (χ4n) is 0.488. The molecule has 4 heteroatoms. The van der Waals surface area contributed by atoms with Gasteiger partial charge >= 0.3 is 31.1 Å². The molecule has 0 aliphatic heterocycles. The fraction of sp³-hybridized carbons (Fsp3) is 0.714. The van der Waals surface area contributed by atoms with E-state index in [4.69, 9.17) is 10.5 Å². The molecule has 11 heavy (non-hydrogen) atoms. The van der Waals surface area contributed by atoms with Gasteiger partial charge < -0.3 is 23.2 Å². The molecule has 0 heterocycles. The number of rotatable bonds is 5. The van der Waals surface area contributed by atoms with Crippen LogP contribution < -0.4 is 11.1 Å². The molecule has 0 aromatic carbocycles. The SMILES string of the molecule is C[CH-]NCC[C@H](N)OC.[CH3-].[U+2]. The smallest absolute Gasteiger partial charge is 0.470 e.